The highest BCUT2D eigenvalue weighted by molar-refractivity contribution is 6.83. The standard InChI is InChI=1S/C10H20OSi/c1-6-7-8-10(11)9(2)12(3,4)5/h6,10-11H,1-2,7-8H2,3-5H3/t10-/m0/s1. The van der Waals surface area contributed by atoms with E-state index in [-0.39, 0.29) is 6.10 Å². The fourth-order valence-corrected chi connectivity index (χ4v) is 2.09. The molecule has 1 nitrogen and oxygen atoms in total. The second kappa shape index (κ2) is 4.63. The summed E-state index contributed by atoms with van der Waals surface area (Å²) in [6.07, 6.45) is 3.15. The smallest absolute Gasteiger partial charge is 0.0750 e. The Morgan fingerprint density at radius 2 is 2.00 bits per heavy atom. The van der Waals surface area contributed by atoms with Gasteiger partial charge in [-0.15, -0.1) is 13.2 Å². The van der Waals surface area contributed by atoms with Gasteiger partial charge in [0.1, 0.15) is 0 Å². The van der Waals surface area contributed by atoms with Crippen molar-refractivity contribution in [3.63, 3.8) is 0 Å². The molecule has 1 N–H and O–H groups in total. The van der Waals surface area contributed by atoms with Crippen LogP contribution >= 0.6 is 0 Å². The maximum atomic E-state index is 9.67. The second-order valence-corrected chi connectivity index (χ2v) is 9.30. The van der Waals surface area contributed by atoms with Crippen molar-refractivity contribution < 1.29 is 5.11 Å². The van der Waals surface area contributed by atoms with E-state index in [1.165, 1.54) is 0 Å². The molecule has 70 valence electrons. The summed E-state index contributed by atoms with van der Waals surface area (Å²) < 4.78 is 0. The Kier molecular flexibility index (Phi) is 4.49. The summed E-state index contributed by atoms with van der Waals surface area (Å²) in [6.45, 7) is 14.2. The first-order chi connectivity index (χ1) is 5.39. The quantitative estimate of drug-likeness (QED) is 0.514. The molecule has 0 aliphatic carbocycles. The van der Waals surface area contributed by atoms with Crippen LogP contribution in [0.15, 0.2) is 24.4 Å². The highest BCUT2D eigenvalue weighted by Gasteiger charge is 2.22. The Bertz CT molecular complexity index is 167. The lowest BCUT2D eigenvalue weighted by Crippen LogP contribution is -2.31. The average molecular weight is 184 g/mol. The van der Waals surface area contributed by atoms with Crippen molar-refractivity contribution >= 4 is 8.07 Å². The third-order valence-corrected chi connectivity index (χ3v) is 4.27. The molecule has 0 aromatic carbocycles. The summed E-state index contributed by atoms with van der Waals surface area (Å²) in [7, 11) is -1.35. The van der Waals surface area contributed by atoms with E-state index in [1.807, 2.05) is 6.08 Å². The first-order valence-corrected chi connectivity index (χ1v) is 7.88. The van der Waals surface area contributed by atoms with Crippen LogP contribution in [0.25, 0.3) is 0 Å². The summed E-state index contributed by atoms with van der Waals surface area (Å²) in [5.74, 6) is 0. The maximum Gasteiger partial charge on any atom is 0.0750 e. The lowest BCUT2D eigenvalue weighted by atomic mass is 10.2. The van der Waals surface area contributed by atoms with Gasteiger partial charge in [-0.05, 0) is 12.8 Å². The number of aliphatic hydroxyl groups is 1. The first-order valence-electron chi connectivity index (χ1n) is 4.38. The molecule has 0 aliphatic heterocycles. The SMILES string of the molecule is C=CCC[C@H](O)C(=C)[Si](C)(C)C. The maximum absolute atomic E-state index is 9.67. The highest BCUT2D eigenvalue weighted by atomic mass is 28.3. The van der Waals surface area contributed by atoms with Crippen LogP contribution in [0, 0.1) is 0 Å². The summed E-state index contributed by atoms with van der Waals surface area (Å²) in [4.78, 5) is 0. The molecule has 0 saturated carbocycles. The van der Waals surface area contributed by atoms with E-state index in [9.17, 15) is 5.11 Å². The number of rotatable bonds is 5. The second-order valence-electron chi connectivity index (χ2n) is 4.16. The molecule has 0 aromatic rings. The molecule has 2 heteroatoms. The molecule has 0 bridgehead atoms. The van der Waals surface area contributed by atoms with Crippen LogP contribution in [0.5, 0.6) is 0 Å². The van der Waals surface area contributed by atoms with Crippen LogP contribution < -0.4 is 0 Å². The molecule has 0 aliphatic rings. The minimum atomic E-state index is -1.35. The minimum Gasteiger partial charge on any atom is -0.389 e. The molecule has 0 saturated heterocycles. The number of hydrogen-bond donors (Lipinski definition) is 1. The molecule has 0 radical (unpaired) electrons. The summed E-state index contributed by atoms with van der Waals surface area (Å²) in [6, 6.07) is 0. The van der Waals surface area contributed by atoms with E-state index < -0.39 is 8.07 Å². The van der Waals surface area contributed by atoms with E-state index in [0.717, 1.165) is 18.0 Å². The van der Waals surface area contributed by atoms with Crippen LogP contribution in [-0.4, -0.2) is 19.3 Å². The summed E-state index contributed by atoms with van der Waals surface area (Å²) >= 11 is 0. The molecule has 0 heterocycles. The Hall–Kier alpha value is -0.343. The molecule has 0 unspecified atom stereocenters. The molecular weight excluding hydrogens is 164 g/mol. The molecule has 0 spiro atoms. The Morgan fingerprint density at radius 3 is 2.33 bits per heavy atom. The van der Waals surface area contributed by atoms with Gasteiger partial charge < -0.3 is 5.11 Å². The van der Waals surface area contributed by atoms with Gasteiger partial charge in [-0.3, -0.25) is 0 Å². The third-order valence-electron chi connectivity index (χ3n) is 2.01. The largest absolute Gasteiger partial charge is 0.389 e. The average Bonchev–Trinajstić information content (AvgIpc) is 1.97. The van der Waals surface area contributed by atoms with Gasteiger partial charge in [0.25, 0.3) is 0 Å². The van der Waals surface area contributed by atoms with Gasteiger partial charge in [-0.1, -0.05) is 30.9 Å². The van der Waals surface area contributed by atoms with E-state index in [0.29, 0.717) is 0 Å². The van der Waals surface area contributed by atoms with Crippen molar-refractivity contribution in [3.8, 4) is 0 Å². The van der Waals surface area contributed by atoms with Gasteiger partial charge in [0.2, 0.25) is 0 Å². The van der Waals surface area contributed by atoms with Gasteiger partial charge in [-0.2, -0.15) is 0 Å². The number of allylic oxidation sites excluding steroid dienone is 1. The van der Waals surface area contributed by atoms with Crippen LogP contribution in [0.4, 0.5) is 0 Å². The monoisotopic (exact) mass is 184 g/mol. The zero-order valence-corrected chi connectivity index (χ0v) is 9.43. The molecule has 0 fully saturated rings. The Balaban J connectivity index is 4.02. The van der Waals surface area contributed by atoms with Crippen molar-refractivity contribution in [1.82, 2.24) is 0 Å². The van der Waals surface area contributed by atoms with E-state index >= 15 is 0 Å². The van der Waals surface area contributed by atoms with Crippen molar-refractivity contribution in [2.24, 2.45) is 0 Å². The molecular formula is C10H20OSi. The molecule has 0 aromatic heterocycles. The molecule has 0 amide bonds. The topological polar surface area (TPSA) is 20.2 Å². The van der Waals surface area contributed by atoms with Crippen LogP contribution in [0.1, 0.15) is 12.8 Å². The lowest BCUT2D eigenvalue weighted by Gasteiger charge is -2.24. The van der Waals surface area contributed by atoms with Crippen molar-refractivity contribution in [2.75, 3.05) is 0 Å². The normalized spacial score (nSPS) is 14.0. The van der Waals surface area contributed by atoms with Crippen molar-refractivity contribution in [1.29, 1.82) is 0 Å². The number of hydrogen-bond acceptors (Lipinski definition) is 1. The van der Waals surface area contributed by atoms with E-state index in [1.54, 1.807) is 0 Å². The lowest BCUT2D eigenvalue weighted by molar-refractivity contribution is 0.208. The van der Waals surface area contributed by atoms with Gasteiger partial charge in [0.05, 0.1) is 14.2 Å². The van der Waals surface area contributed by atoms with Crippen LogP contribution in [-0.2, 0) is 0 Å². The predicted octanol–water partition coefficient (Wildman–Crippen LogP) is 2.75. The number of aliphatic hydroxyl groups excluding tert-OH is 1. The van der Waals surface area contributed by atoms with Gasteiger partial charge >= 0.3 is 0 Å². The first kappa shape index (κ1) is 11.7. The van der Waals surface area contributed by atoms with Crippen molar-refractivity contribution in [2.45, 2.75) is 38.6 Å². The van der Waals surface area contributed by atoms with E-state index in [2.05, 4.69) is 32.8 Å². The molecule has 0 rings (SSSR count). The fourth-order valence-electron chi connectivity index (χ4n) is 0.950. The fraction of sp³-hybridized carbons (Fsp3) is 0.600. The summed E-state index contributed by atoms with van der Waals surface area (Å²) in [5, 5.41) is 10.7. The predicted molar refractivity (Wildman–Crippen MR) is 57.9 cm³/mol. The molecule has 1 atom stereocenters. The van der Waals surface area contributed by atoms with Gasteiger partial charge in [0.15, 0.2) is 0 Å². The zero-order valence-electron chi connectivity index (χ0n) is 8.43. The van der Waals surface area contributed by atoms with Gasteiger partial charge in [-0.25, -0.2) is 0 Å². The van der Waals surface area contributed by atoms with Gasteiger partial charge in [0, 0.05) is 0 Å². The summed E-state index contributed by atoms with van der Waals surface area (Å²) in [5.41, 5.74) is 0. The third kappa shape index (κ3) is 3.88. The highest BCUT2D eigenvalue weighted by Crippen LogP contribution is 2.18. The van der Waals surface area contributed by atoms with E-state index in [4.69, 9.17) is 0 Å². The molecule has 12 heavy (non-hydrogen) atoms. The van der Waals surface area contributed by atoms with Crippen molar-refractivity contribution in [3.05, 3.63) is 24.4 Å². The Labute approximate surface area is 76.8 Å². The van der Waals surface area contributed by atoms with Crippen LogP contribution in [0.3, 0.4) is 0 Å². The van der Waals surface area contributed by atoms with Crippen LogP contribution in [0.2, 0.25) is 19.6 Å². The minimum absolute atomic E-state index is 0.324. The Morgan fingerprint density at radius 1 is 1.50 bits per heavy atom. The zero-order chi connectivity index (χ0) is 9.78.